The van der Waals surface area contributed by atoms with Crippen molar-refractivity contribution in [3.63, 3.8) is 0 Å². The molecule has 44 heavy (non-hydrogen) atoms. The van der Waals surface area contributed by atoms with Gasteiger partial charge in [-0.3, -0.25) is 4.79 Å². The van der Waals surface area contributed by atoms with E-state index in [1.165, 1.54) is 18.4 Å². The Bertz CT molecular complexity index is 1160. The SMILES string of the molecule is COCCCOc1cc(C(=O)N(C(C)C)[C@H]2CNC[C@@H](COC(=O)N(CCc3ccccc3)CC3CC3)C2)ccc1OC.Cl. The van der Waals surface area contributed by atoms with Crippen molar-refractivity contribution in [2.24, 2.45) is 11.8 Å². The van der Waals surface area contributed by atoms with Gasteiger partial charge >= 0.3 is 6.09 Å². The number of benzene rings is 2. The molecule has 1 saturated carbocycles. The monoisotopic (exact) mass is 631 g/mol. The fraction of sp³-hybridized carbons (Fsp3) is 0.588. The highest BCUT2D eigenvalue weighted by atomic mass is 35.5. The lowest BCUT2D eigenvalue weighted by molar-refractivity contribution is 0.0437. The molecule has 0 unspecified atom stereocenters. The second-order valence-electron chi connectivity index (χ2n) is 12.0. The van der Waals surface area contributed by atoms with Gasteiger partial charge in [-0.25, -0.2) is 4.79 Å². The lowest BCUT2D eigenvalue weighted by atomic mass is 9.94. The Morgan fingerprint density at radius 1 is 0.977 bits per heavy atom. The normalized spacial score (nSPS) is 17.8. The summed E-state index contributed by atoms with van der Waals surface area (Å²) in [6.07, 6.45) is 4.43. The zero-order valence-electron chi connectivity index (χ0n) is 26.7. The fourth-order valence-electron chi connectivity index (χ4n) is 5.68. The van der Waals surface area contributed by atoms with E-state index in [4.69, 9.17) is 18.9 Å². The Balaban J connectivity index is 0.00000529. The summed E-state index contributed by atoms with van der Waals surface area (Å²) in [5.41, 5.74) is 1.77. The van der Waals surface area contributed by atoms with Crippen LogP contribution in [0.2, 0.25) is 0 Å². The minimum absolute atomic E-state index is 0. The molecular formula is C34H50ClN3O6. The highest BCUT2D eigenvalue weighted by Gasteiger charge is 2.33. The molecular weight excluding hydrogens is 582 g/mol. The lowest BCUT2D eigenvalue weighted by Gasteiger charge is -2.40. The molecule has 2 fully saturated rings. The quantitative estimate of drug-likeness (QED) is 0.246. The van der Waals surface area contributed by atoms with Crippen LogP contribution in [0.3, 0.4) is 0 Å². The molecule has 1 saturated heterocycles. The fourth-order valence-corrected chi connectivity index (χ4v) is 5.68. The highest BCUT2D eigenvalue weighted by Crippen LogP contribution is 2.31. The Morgan fingerprint density at radius 2 is 1.75 bits per heavy atom. The molecule has 1 N–H and O–H groups in total. The zero-order chi connectivity index (χ0) is 30.6. The number of nitrogens with one attached hydrogen (secondary N) is 1. The minimum atomic E-state index is -0.238. The predicted molar refractivity (Wildman–Crippen MR) is 174 cm³/mol. The standard InChI is InChI=1S/C34H49N3O6.ClH/c1-25(2)37(33(38)29-13-14-31(41-4)32(20-29)42-18-8-17-40-3)30-19-28(21-35-22-30)24-43-34(39)36(23-27-11-12-27)16-15-26-9-6-5-7-10-26;/h5-7,9-10,13-14,20,25,27-28,30,35H,8,11-12,15-19,21-24H2,1-4H3;1H/t28-,30+;/m0./s1. The van der Waals surface area contributed by atoms with Crippen LogP contribution in [0.5, 0.6) is 11.5 Å². The lowest BCUT2D eigenvalue weighted by Crippen LogP contribution is -2.54. The van der Waals surface area contributed by atoms with Gasteiger partial charge in [0.2, 0.25) is 0 Å². The van der Waals surface area contributed by atoms with E-state index in [1.807, 2.05) is 41.8 Å². The molecule has 0 spiro atoms. The van der Waals surface area contributed by atoms with Gasteiger partial charge in [0, 0.05) is 69.9 Å². The topological polar surface area (TPSA) is 89.6 Å². The zero-order valence-corrected chi connectivity index (χ0v) is 27.5. The maximum Gasteiger partial charge on any atom is 0.409 e. The van der Waals surface area contributed by atoms with Crippen LogP contribution in [-0.2, 0) is 15.9 Å². The molecule has 2 amide bonds. The summed E-state index contributed by atoms with van der Waals surface area (Å²) >= 11 is 0. The summed E-state index contributed by atoms with van der Waals surface area (Å²) in [6.45, 7) is 8.32. The average Bonchev–Trinajstić information content (AvgIpc) is 3.85. The summed E-state index contributed by atoms with van der Waals surface area (Å²) in [6, 6.07) is 15.6. The Hall–Kier alpha value is -3.01. The smallest absolute Gasteiger partial charge is 0.409 e. The maximum absolute atomic E-state index is 13.9. The van der Waals surface area contributed by atoms with Gasteiger partial charge in [0.05, 0.1) is 20.3 Å². The third-order valence-electron chi connectivity index (χ3n) is 8.15. The first kappa shape index (κ1) is 35.5. The first-order valence-electron chi connectivity index (χ1n) is 15.7. The molecule has 2 aliphatic rings. The van der Waals surface area contributed by atoms with Gasteiger partial charge in [0.25, 0.3) is 5.91 Å². The molecule has 1 heterocycles. The third-order valence-corrected chi connectivity index (χ3v) is 8.15. The first-order chi connectivity index (χ1) is 20.9. The number of carbonyl (C=O) groups excluding carboxylic acids is 2. The number of methoxy groups -OCH3 is 2. The van der Waals surface area contributed by atoms with Gasteiger partial charge in [-0.15, -0.1) is 12.4 Å². The van der Waals surface area contributed by atoms with E-state index in [2.05, 4.69) is 17.4 Å². The van der Waals surface area contributed by atoms with Crippen LogP contribution in [0, 0.1) is 11.8 Å². The van der Waals surface area contributed by atoms with Crippen molar-refractivity contribution in [1.29, 1.82) is 0 Å². The van der Waals surface area contributed by atoms with Crippen LogP contribution in [0.15, 0.2) is 48.5 Å². The summed E-state index contributed by atoms with van der Waals surface area (Å²) in [5.74, 6) is 1.78. The molecule has 2 aromatic rings. The molecule has 244 valence electrons. The van der Waals surface area contributed by atoms with Crippen molar-refractivity contribution < 1.29 is 28.5 Å². The van der Waals surface area contributed by atoms with Crippen LogP contribution < -0.4 is 14.8 Å². The van der Waals surface area contributed by atoms with E-state index in [0.717, 1.165) is 32.4 Å². The van der Waals surface area contributed by atoms with Crippen LogP contribution in [0.4, 0.5) is 4.79 Å². The van der Waals surface area contributed by atoms with E-state index in [1.54, 1.807) is 32.4 Å². The summed E-state index contributed by atoms with van der Waals surface area (Å²) in [4.78, 5) is 30.9. The predicted octanol–water partition coefficient (Wildman–Crippen LogP) is 5.45. The van der Waals surface area contributed by atoms with Crippen molar-refractivity contribution in [2.45, 2.75) is 58.0 Å². The molecule has 1 aliphatic heterocycles. The third kappa shape index (κ3) is 10.6. The van der Waals surface area contributed by atoms with Gasteiger partial charge in [0.1, 0.15) is 0 Å². The number of carbonyl (C=O) groups is 2. The average molecular weight is 632 g/mol. The van der Waals surface area contributed by atoms with Gasteiger partial charge in [-0.05, 0) is 69.2 Å². The number of halogens is 1. The second kappa shape index (κ2) is 18.1. The highest BCUT2D eigenvalue weighted by molar-refractivity contribution is 5.95. The van der Waals surface area contributed by atoms with Crippen LogP contribution in [-0.4, -0.2) is 94.1 Å². The van der Waals surface area contributed by atoms with Crippen LogP contribution >= 0.6 is 12.4 Å². The maximum atomic E-state index is 13.9. The van der Waals surface area contributed by atoms with Crippen molar-refractivity contribution in [3.05, 3.63) is 59.7 Å². The summed E-state index contributed by atoms with van der Waals surface area (Å²) in [5, 5.41) is 3.48. The molecule has 10 heteroatoms. The van der Waals surface area contributed by atoms with Crippen LogP contribution in [0.1, 0.15) is 55.5 Å². The molecule has 0 bridgehead atoms. The molecule has 2 aromatic carbocycles. The van der Waals surface area contributed by atoms with Crippen LogP contribution in [0.25, 0.3) is 0 Å². The van der Waals surface area contributed by atoms with Gasteiger partial charge in [-0.1, -0.05) is 30.3 Å². The number of rotatable bonds is 16. The van der Waals surface area contributed by atoms with E-state index in [9.17, 15) is 9.59 Å². The number of hydrogen-bond donors (Lipinski definition) is 1. The summed E-state index contributed by atoms with van der Waals surface area (Å²) < 4.78 is 22.4. The Morgan fingerprint density at radius 3 is 2.43 bits per heavy atom. The molecule has 1 aliphatic carbocycles. The van der Waals surface area contributed by atoms with Crippen molar-refractivity contribution in [1.82, 2.24) is 15.1 Å². The van der Waals surface area contributed by atoms with E-state index >= 15 is 0 Å². The second-order valence-corrected chi connectivity index (χ2v) is 12.0. The number of nitrogens with zero attached hydrogens (tertiary/aromatic N) is 2. The van der Waals surface area contributed by atoms with Gasteiger partial charge in [-0.2, -0.15) is 0 Å². The largest absolute Gasteiger partial charge is 0.493 e. The van der Waals surface area contributed by atoms with E-state index in [0.29, 0.717) is 55.9 Å². The van der Waals surface area contributed by atoms with Gasteiger partial charge in [0.15, 0.2) is 11.5 Å². The minimum Gasteiger partial charge on any atom is -0.493 e. The van der Waals surface area contributed by atoms with Crippen molar-refractivity contribution in [2.75, 3.05) is 60.2 Å². The first-order valence-corrected chi connectivity index (χ1v) is 15.7. The van der Waals surface area contributed by atoms with E-state index in [-0.39, 0.29) is 42.4 Å². The molecule has 9 nitrogen and oxygen atoms in total. The number of amides is 2. The van der Waals surface area contributed by atoms with E-state index < -0.39 is 0 Å². The number of hydrogen-bond acceptors (Lipinski definition) is 7. The number of ether oxygens (including phenoxy) is 4. The summed E-state index contributed by atoms with van der Waals surface area (Å²) in [7, 11) is 3.25. The Labute approximate surface area is 269 Å². The Kier molecular flexibility index (Phi) is 14.6. The number of piperidine rings is 1. The molecule has 0 radical (unpaired) electrons. The van der Waals surface area contributed by atoms with Crippen molar-refractivity contribution >= 4 is 24.4 Å². The van der Waals surface area contributed by atoms with Crippen molar-refractivity contribution in [3.8, 4) is 11.5 Å². The molecule has 4 rings (SSSR count). The molecule has 0 aromatic heterocycles. The van der Waals surface area contributed by atoms with Gasteiger partial charge < -0.3 is 34.1 Å². The molecule has 2 atom stereocenters.